The molecule has 1 aromatic rings. The number of carbonyl (C=O) groups is 1. The predicted octanol–water partition coefficient (Wildman–Crippen LogP) is 4.37. The first kappa shape index (κ1) is 14.3. The van der Waals surface area contributed by atoms with Crippen LogP contribution >= 0.6 is 23.2 Å². The van der Waals surface area contributed by atoms with E-state index in [1.165, 1.54) is 0 Å². The Bertz CT molecular complexity index is 326. The Morgan fingerprint density at radius 3 is 2.40 bits per heavy atom. The van der Waals surface area contributed by atoms with Gasteiger partial charge in [0.05, 0.1) is 10.7 Å². The van der Waals surface area contributed by atoms with Crippen molar-refractivity contribution in [3.8, 4) is 0 Å². The van der Waals surface area contributed by atoms with Crippen LogP contribution in [-0.2, 0) is 4.79 Å². The molecular formula is C11H15Cl2NO. The highest BCUT2D eigenvalue weighted by molar-refractivity contribution is 6.36. The lowest BCUT2D eigenvalue weighted by Gasteiger charge is -2.05. The number of rotatable bonds is 2. The van der Waals surface area contributed by atoms with E-state index in [-0.39, 0.29) is 5.91 Å². The van der Waals surface area contributed by atoms with Crippen molar-refractivity contribution in [2.75, 3.05) is 5.32 Å². The van der Waals surface area contributed by atoms with Crippen LogP contribution in [0.15, 0.2) is 18.2 Å². The molecule has 1 amide bonds. The Hall–Kier alpha value is -0.730. The minimum atomic E-state index is -0.0655. The van der Waals surface area contributed by atoms with Gasteiger partial charge in [0.15, 0.2) is 0 Å². The third kappa shape index (κ3) is 5.05. The van der Waals surface area contributed by atoms with Crippen molar-refractivity contribution in [2.24, 2.45) is 0 Å². The summed E-state index contributed by atoms with van der Waals surface area (Å²) < 4.78 is 0. The zero-order chi connectivity index (χ0) is 11.8. The smallest absolute Gasteiger partial charge is 0.224 e. The molecule has 0 aliphatic heterocycles. The van der Waals surface area contributed by atoms with Crippen molar-refractivity contribution in [1.82, 2.24) is 0 Å². The van der Waals surface area contributed by atoms with E-state index < -0.39 is 0 Å². The zero-order valence-electron chi connectivity index (χ0n) is 9.10. The summed E-state index contributed by atoms with van der Waals surface area (Å²) in [6.45, 7) is 5.78. The van der Waals surface area contributed by atoms with Crippen LogP contribution in [0.5, 0.6) is 0 Å². The van der Waals surface area contributed by atoms with Gasteiger partial charge >= 0.3 is 0 Å². The molecule has 0 heterocycles. The van der Waals surface area contributed by atoms with E-state index in [0.29, 0.717) is 22.2 Å². The summed E-state index contributed by atoms with van der Waals surface area (Å²) in [5.41, 5.74) is 0.595. The van der Waals surface area contributed by atoms with E-state index >= 15 is 0 Å². The molecular weight excluding hydrogens is 233 g/mol. The largest absolute Gasteiger partial charge is 0.325 e. The molecule has 0 unspecified atom stereocenters. The van der Waals surface area contributed by atoms with Gasteiger partial charge in [-0.25, -0.2) is 0 Å². The fraction of sp³-hybridized carbons (Fsp3) is 0.364. The Morgan fingerprint density at radius 2 is 1.93 bits per heavy atom. The number of benzene rings is 1. The Morgan fingerprint density at radius 1 is 1.33 bits per heavy atom. The van der Waals surface area contributed by atoms with Gasteiger partial charge in [-0.3, -0.25) is 4.79 Å². The molecule has 0 saturated heterocycles. The number of nitrogens with one attached hydrogen (secondary N) is 1. The van der Waals surface area contributed by atoms with Gasteiger partial charge < -0.3 is 5.32 Å². The molecule has 84 valence electrons. The summed E-state index contributed by atoms with van der Waals surface area (Å²) in [5, 5.41) is 3.67. The predicted molar refractivity (Wildman–Crippen MR) is 66.7 cm³/mol. The molecule has 4 heteroatoms. The van der Waals surface area contributed by atoms with E-state index in [9.17, 15) is 4.79 Å². The summed E-state index contributed by atoms with van der Waals surface area (Å²) in [7, 11) is 0. The van der Waals surface area contributed by atoms with Gasteiger partial charge in [0, 0.05) is 11.4 Å². The van der Waals surface area contributed by atoms with Crippen LogP contribution in [0.2, 0.25) is 10.0 Å². The second kappa shape index (κ2) is 7.55. The van der Waals surface area contributed by atoms with Crippen molar-refractivity contribution in [1.29, 1.82) is 0 Å². The molecule has 0 bridgehead atoms. The Labute approximate surface area is 101 Å². The van der Waals surface area contributed by atoms with Crippen LogP contribution in [0.4, 0.5) is 5.69 Å². The van der Waals surface area contributed by atoms with Gasteiger partial charge in [0.25, 0.3) is 0 Å². The molecule has 0 fully saturated rings. The van der Waals surface area contributed by atoms with E-state index in [2.05, 4.69) is 5.32 Å². The average Bonchev–Trinajstić information content (AvgIpc) is 2.25. The van der Waals surface area contributed by atoms with Crippen LogP contribution in [0, 0.1) is 0 Å². The maximum atomic E-state index is 11.0. The number of carbonyl (C=O) groups excluding carboxylic acids is 1. The number of halogens is 2. The van der Waals surface area contributed by atoms with Crippen molar-refractivity contribution in [3.05, 3.63) is 28.2 Å². The maximum Gasteiger partial charge on any atom is 0.224 e. The summed E-state index contributed by atoms with van der Waals surface area (Å²) in [5.74, 6) is -0.0655. The van der Waals surface area contributed by atoms with Gasteiger partial charge in [0.2, 0.25) is 5.91 Å². The zero-order valence-corrected chi connectivity index (χ0v) is 10.6. The van der Waals surface area contributed by atoms with E-state index in [0.717, 1.165) is 0 Å². The third-order valence-corrected chi connectivity index (χ3v) is 2.07. The lowest BCUT2D eigenvalue weighted by atomic mass is 10.3. The minimum absolute atomic E-state index is 0.0655. The first-order valence-electron chi connectivity index (χ1n) is 4.88. The SMILES string of the molecule is CC.CCC(=O)Nc1ccc(Cl)cc1Cl. The molecule has 1 rings (SSSR count). The molecule has 1 aromatic carbocycles. The lowest BCUT2D eigenvalue weighted by Crippen LogP contribution is -2.09. The summed E-state index contributed by atoms with van der Waals surface area (Å²) in [4.78, 5) is 11.0. The van der Waals surface area contributed by atoms with Gasteiger partial charge in [-0.15, -0.1) is 0 Å². The summed E-state index contributed by atoms with van der Waals surface area (Å²) in [6, 6.07) is 4.95. The van der Waals surface area contributed by atoms with E-state index in [4.69, 9.17) is 23.2 Å². The lowest BCUT2D eigenvalue weighted by molar-refractivity contribution is -0.115. The standard InChI is InChI=1S/C9H9Cl2NO.C2H6/c1-2-9(13)12-8-4-3-6(10)5-7(8)11;1-2/h3-5H,2H2,1H3,(H,12,13);1-2H3. The quantitative estimate of drug-likeness (QED) is 0.827. The normalized spacial score (nSPS) is 8.87. The van der Waals surface area contributed by atoms with Crippen LogP contribution in [0.25, 0.3) is 0 Å². The average molecular weight is 248 g/mol. The Kier molecular flexibility index (Phi) is 7.18. The summed E-state index contributed by atoms with van der Waals surface area (Å²) >= 11 is 11.5. The van der Waals surface area contributed by atoms with Gasteiger partial charge in [-0.05, 0) is 18.2 Å². The molecule has 0 saturated carbocycles. The second-order valence-electron chi connectivity index (χ2n) is 2.53. The van der Waals surface area contributed by atoms with E-state index in [1.807, 2.05) is 13.8 Å². The highest BCUT2D eigenvalue weighted by atomic mass is 35.5. The van der Waals surface area contributed by atoms with Crippen molar-refractivity contribution >= 4 is 34.8 Å². The Balaban J connectivity index is 0.000000921. The highest BCUT2D eigenvalue weighted by Gasteiger charge is 2.03. The van der Waals surface area contributed by atoms with Crippen molar-refractivity contribution in [2.45, 2.75) is 27.2 Å². The first-order chi connectivity index (χ1) is 7.13. The van der Waals surface area contributed by atoms with E-state index in [1.54, 1.807) is 25.1 Å². The molecule has 0 aromatic heterocycles. The maximum absolute atomic E-state index is 11.0. The first-order valence-corrected chi connectivity index (χ1v) is 5.64. The number of hydrogen-bond acceptors (Lipinski definition) is 1. The summed E-state index contributed by atoms with van der Waals surface area (Å²) in [6.07, 6.45) is 0.430. The monoisotopic (exact) mass is 247 g/mol. The number of anilines is 1. The van der Waals surface area contributed by atoms with Crippen LogP contribution in [-0.4, -0.2) is 5.91 Å². The molecule has 1 N–H and O–H groups in total. The van der Waals surface area contributed by atoms with Crippen LogP contribution < -0.4 is 5.32 Å². The fourth-order valence-electron chi connectivity index (χ4n) is 0.829. The third-order valence-electron chi connectivity index (χ3n) is 1.53. The molecule has 0 atom stereocenters. The van der Waals surface area contributed by atoms with Crippen LogP contribution in [0.1, 0.15) is 27.2 Å². The fourth-order valence-corrected chi connectivity index (χ4v) is 1.29. The van der Waals surface area contributed by atoms with Gasteiger partial charge in [-0.2, -0.15) is 0 Å². The molecule has 0 aliphatic rings. The topological polar surface area (TPSA) is 29.1 Å². The highest BCUT2D eigenvalue weighted by Crippen LogP contribution is 2.25. The minimum Gasteiger partial charge on any atom is -0.325 e. The van der Waals surface area contributed by atoms with Gasteiger partial charge in [0.1, 0.15) is 0 Å². The second-order valence-corrected chi connectivity index (χ2v) is 3.37. The molecule has 0 radical (unpaired) electrons. The van der Waals surface area contributed by atoms with Crippen LogP contribution in [0.3, 0.4) is 0 Å². The molecule has 15 heavy (non-hydrogen) atoms. The molecule has 2 nitrogen and oxygen atoms in total. The van der Waals surface area contributed by atoms with Crippen molar-refractivity contribution in [3.63, 3.8) is 0 Å². The number of amides is 1. The number of hydrogen-bond donors (Lipinski definition) is 1. The molecule has 0 spiro atoms. The van der Waals surface area contributed by atoms with Gasteiger partial charge in [-0.1, -0.05) is 44.0 Å². The molecule has 0 aliphatic carbocycles. The van der Waals surface area contributed by atoms with Crippen molar-refractivity contribution < 1.29 is 4.79 Å².